The molecule has 0 saturated heterocycles. The highest BCUT2D eigenvalue weighted by molar-refractivity contribution is 5.45. The second-order valence-corrected chi connectivity index (χ2v) is 6.11. The first-order valence-electron chi connectivity index (χ1n) is 6.71. The van der Waals surface area contributed by atoms with Crippen LogP contribution in [0.25, 0.3) is 0 Å². The molecule has 3 heteroatoms. The van der Waals surface area contributed by atoms with Gasteiger partial charge in [0.1, 0.15) is 0 Å². The van der Waals surface area contributed by atoms with E-state index in [-0.39, 0.29) is 11.5 Å². The molecule has 0 aliphatic heterocycles. The highest BCUT2D eigenvalue weighted by atomic mass is 15.1. The summed E-state index contributed by atoms with van der Waals surface area (Å²) in [5.41, 5.74) is 8.33. The quantitative estimate of drug-likeness (QED) is 0.889. The van der Waals surface area contributed by atoms with Gasteiger partial charge in [-0.1, -0.05) is 27.7 Å². The average Bonchev–Trinajstić information content (AvgIpc) is 2.35. The van der Waals surface area contributed by atoms with Crippen molar-refractivity contribution in [1.29, 1.82) is 0 Å². The van der Waals surface area contributed by atoms with Gasteiger partial charge in [0, 0.05) is 19.1 Å². The number of hydrogen-bond acceptors (Lipinski definition) is 3. The molecule has 2 atom stereocenters. The summed E-state index contributed by atoms with van der Waals surface area (Å²) in [7, 11) is 2.12. The third-order valence-electron chi connectivity index (χ3n) is 3.83. The Balaban J connectivity index is 2.85. The minimum absolute atomic E-state index is 0.0457. The molecule has 1 unspecified atom stereocenters. The number of nitrogens with zero attached hydrogens (tertiary/aromatic N) is 2. The molecule has 1 heterocycles. The minimum Gasteiger partial charge on any atom is -0.370 e. The van der Waals surface area contributed by atoms with Crippen molar-refractivity contribution < 1.29 is 0 Å². The Kier molecular flexibility index (Phi) is 4.74. The van der Waals surface area contributed by atoms with Crippen LogP contribution in [-0.2, 0) is 0 Å². The Bertz CT molecular complexity index is 364. The molecular weight excluding hydrogens is 222 g/mol. The monoisotopic (exact) mass is 249 g/mol. The zero-order chi connectivity index (χ0) is 13.9. The lowest BCUT2D eigenvalue weighted by Crippen LogP contribution is -2.39. The average molecular weight is 249 g/mol. The van der Waals surface area contributed by atoms with Crippen LogP contribution >= 0.6 is 0 Å². The highest BCUT2D eigenvalue weighted by Gasteiger charge is 2.24. The standard InChI is InChI=1S/C15H27N3/c1-7-13(16)14-9-8-12(10-17-14)18(6)11(2)15(3,4)5/h8-11,13H,7,16H2,1-6H3/t11?,13-/m1/s1. The Morgan fingerprint density at radius 1 is 1.33 bits per heavy atom. The second kappa shape index (κ2) is 5.70. The molecule has 0 aliphatic rings. The van der Waals surface area contributed by atoms with E-state index in [1.807, 2.05) is 12.3 Å². The van der Waals surface area contributed by atoms with Gasteiger partial charge in [0.2, 0.25) is 0 Å². The summed E-state index contributed by atoms with van der Waals surface area (Å²) in [5, 5.41) is 0. The summed E-state index contributed by atoms with van der Waals surface area (Å²) < 4.78 is 0. The van der Waals surface area contributed by atoms with Crippen LogP contribution in [0.4, 0.5) is 5.69 Å². The fourth-order valence-electron chi connectivity index (χ4n) is 1.84. The minimum atomic E-state index is 0.0457. The largest absolute Gasteiger partial charge is 0.370 e. The third-order valence-corrected chi connectivity index (χ3v) is 3.83. The summed E-state index contributed by atoms with van der Waals surface area (Å²) in [6.45, 7) is 11.1. The lowest BCUT2D eigenvalue weighted by Gasteiger charge is -2.36. The predicted molar refractivity (Wildman–Crippen MR) is 78.8 cm³/mol. The van der Waals surface area contributed by atoms with Gasteiger partial charge in [-0.15, -0.1) is 0 Å². The normalized spacial score (nSPS) is 15.3. The number of aromatic nitrogens is 1. The summed E-state index contributed by atoms with van der Waals surface area (Å²) in [4.78, 5) is 6.74. The van der Waals surface area contributed by atoms with Crippen molar-refractivity contribution in [2.75, 3.05) is 11.9 Å². The molecule has 1 aromatic heterocycles. The SMILES string of the molecule is CC[C@@H](N)c1ccc(N(C)C(C)C(C)(C)C)cn1. The van der Waals surface area contributed by atoms with Crippen molar-refractivity contribution in [3.05, 3.63) is 24.0 Å². The fraction of sp³-hybridized carbons (Fsp3) is 0.667. The second-order valence-electron chi connectivity index (χ2n) is 6.11. The molecule has 102 valence electrons. The molecule has 18 heavy (non-hydrogen) atoms. The van der Waals surface area contributed by atoms with E-state index in [9.17, 15) is 0 Å². The molecule has 2 N–H and O–H groups in total. The summed E-state index contributed by atoms with van der Waals surface area (Å²) >= 11 is 0. The van der Waals surface area contributed by atoms with E-state index in [1.165, 1.54) is 0 Å². The van der Waals surface area contributed by atoms with E-state index in [2.05, 4.69) is 57.6 Å². The van der Waals surface area contributed by atoms with Crippen molar-refractivity contribution in [3.8, 4) is 0 Å². The Labute approximate surface area is 111 Å². The van der Waals surface area contributed by atoms with Crippen LogP contribution < -0.4 is 10.6 Å². The Morgan fingerprint density at radius 3 is 2.33 bits per heavy atom. The third kappa shape index (κ3) is 3.45. The number of pyridine rings is 1. The van der Waals surface area contributed by atoms with Gasteiger partial charge in [-0.05, 0) is 30.9 Å². The Morgan fingerprint density at radius 2 is 1.94 bits per heavy atom. The molecule has 0 aromatic carbocycles. The Hall–Kier alpha value is -1.09. The predicted octanol–water partition coefficient (Wildman–Crippen LogP) is 3.36. The van der Waals surface area contributed by atoms with Crippen molar-refractivity contribution >= 4 is 5.69 Å². The van der Waals surface area contributed by atoms with Gasteiger partial charge >= 0.3 is 0 Å². The summed E-state index contributed by atoms with van der Waals surface area (Å²) in [6, 6.07) is 4.64. The first kappa shape index (κ1) is 15.0. The van der Waals surface area contributed by atoms with Crippen LogP contribution in [0.3, 0.4) is 0 Å². The smallest absolute Gasteiger partial charge is 0.0572 e. The van der Waals surface area contributed by atoms with E-state index in [0.717, 1.165) is 17.8 Å². The van der Waals surface area contributed by atoms with Crippen LogP contribution in [0.2, 0.25) is 0 Å². The van der Waals surface area contributed by atoms with Crippen LogP contribution in [0, 0.1) is 5.41 Å². The van der Waals surface area contributed by atoms with Crippen LogP contribution in [0.1, 0.15) is 52.8 Å². The summed E-state index contributed by atoms with van der Waals surface area (Å²) in [6.07, 6.45) is 2.84. The van der Waals surface area contributed by atoms with Gasteiger partial charge in [-0.2, -0.15) is 0 Å². The summed E-state index contributed by atoms with van der Waals surface area (Å²) in [5.74, 6) is 0. The molecule has 3 nitrogen and oxygen atoms in total. The lowest BCUT2D eigenvalue weighted by molar-refractivity contribution is 0.329. The topological polar surface area (TPSA) is 42.1 Å². The zero-order valence-corrected chi connectivity index (χ0v) is 12.6. The van der Waals surface area contributed by atoms with E-state index < -0.39 is 0 Å². The molecular formula is C15H27N3. The molecule has 0 saturated carbocycles. The van der Waals surface area contributed by atoms with E-state index >= 15 is 0 Å². The molecule has 0 amide bonds. The first-order chi connectivity index (χ1) is 8.27. The van der Waals surface area contributed by atoms with E-state index in [1.54, 1.807) is 0 Å². The number of nitrogens with two attached hydrogens (primary N) is 1. The molecule has 1 rings (SSSR count). The van der Waals surface area contributed by atoms with Gasteiger partial charge in [-0.3, -0.25) is 4.98 Å². The highest BCUT2D eigenvalue weighted by Crippen LogP contribution is 2.27. The van der Waals surface area contributed by atoms with Crippen LogP contribution in [-0.4, -0.2) is 18.1 Å². The van der Waals surface area contributed by atoms with Crippen LogP contribution in [0.5, 0.6) is 0 Å². The molecule has 0 spiro atoms. The maximum Gasteiger partial charge on any atom is 0.0572 e. The maximum absolute atomic E-state index is 5.97. The van der Waals surface area contributed by atoms with Gasteiger partial charge in [-0.25, -0.2) is 0 Å². The van der Waals surface area contributed by atoms with Crippen molar-refractivity contribution in [2.45, 2.75) is 53.1 Å². The zero-order valence-electron chi connectivity index (χ0n) is 12.6. The van der Waals surface area contributed by atoms with Crippen molar-refractivity contribution in [2.24, 2.45) is 11.1 Å². The lowest BCUT2D eigenvalue weighted by atomic mass is 9.87. The van der Waals surface area contributed by atoms with Gasteiger partial charge in [0.05, 0.1) is 17.6 Å². The van der Waals surface area contributed by atoms with Gasteiger partial charge in [0.15, 0.2) is 0 Å². The number of anilines is 1. The molecule has 0 radical (unpaired) electrons. The molecule has 0 bridgehead atoms. The maximum atomic E-state index is 5.97. The molecule has 0 aliphatic carbocycles. The molecule has 1 aromatic rings. The molecule has 0 fully saturated rings. The number of hydrogen-bond donors (Lipinski definition) is 1. The van der Waals surface area contributed by atoms with E-state index in [0.29, 0.717) is 6.04 Å². The first-order valence-corrected chi connectivity index (χ1v) is 6.71. The van der Waals surface area contributed by atoms with Gasteiger partial charge in [0.25, 0.3) is 0 Å². The van der Waals surface area contributed by atoms with Crippen molar-refractivity contribution in [3.63, 3.8) is 0 Å². The van der Waals surface area contributed by atoms with Crippen molar-refractivity contribution in [1.82, 2.24) is 4.98 Å². The van der Waals surface area contributed by atoms with Gasteiger partial charge < -0.3 is 10.6 Å². The number of rotatable bonds is 4. The fourth-order valence-corrected chi connectivity index (χ4v) is 1.84. The van der Waals surface area contributed by atoms with E-state index in [4.69, 9.17) is 5.73 Å². The van der Waals surface area contributed by atoms with Crippen LogP contribution in [0.15, 0.2) is 18.3 Å².